The first kappa shape index (κ1) is 11.2. The third kappa shape index (κ3) is 2.15. The van der Waals surface area contributed by atoms with E-state index in [1.807, 2.05) is 6.92 Å². The molecule has 0 aromatic carbocycles. The Morgan fingerprint density at radius 2 is 2.07 bits per heavy atom. The van der Waals surface area contributed by atoms with Crippen LogP contribution in [0.2, 0.25) is 0 Å². The van der Waals surface area contributed by atoms with Crippen molar-refractivity contribution in [2.24, 2.45) is 5.92 Å². The number of hydrogen-bond acceptors (Lipinski definition) is 2. The van der Waals surface area contributed by atoms with Gasteiger partial charge in [-0.15, -0.1) is 6.58 Å². The predicted octanol–water partition coefficient (Wildman–Crippen LogP) is 1.18. The summed E-state index contributed by atoms with van der Waals surface area (Å²) in [5.41, 5.74) is -0.659. The van der Waals surface area contributed by atoms with Crippen LogP contribution in [0.1, 0.15) is 26.7 Å². The zero-order chi connectivity index (χ0) is 10.8. The molecule has 0 spiro atoms. The summed E-state index contributed by atoms with van der Waals surface area (Å²) in [5.74, 6) is 0.190. The molecule has 1 heterocycles. The maximum atomic E-state index is 11.1. The second kappa shape index (κ2) is 4.13. The number of likely N-dealkylation sites (tertiary alicyclic amines) is 1. The fourth-order valence-electron chi connectivity index (χ4n) is 1.88. The third-order valence-corrected chi connectivity index (χ3v) is 3.28. The molecule has 0 aliphatic carbocycles. The number of carbonyl (C=O) groups is 1. The van der Waals surface area contributed by atoms with Gasteiger partial charge in [0.2, 0.25) is 5.91 Å². The van der Waals surface area contributed by atoms with Crippen LogP contribution in [-0.2, 0) is 4.79 Å². The minimum absolute atomic E-state index is 0.0941. The van der Waals surface area contributed by atoms with Crippen LogP contribution < -0.4 is 0 Å². The molecule has 1 fully saturated rings. The Labute approximate surface area is 85.4 Å². The number of nitrogens with zero attached hydrogens (tertiary/aromatic N) is 1. The van der Waals surface area contributed by atoms with Crippen LogP contribution in [0, 0.1) is 5.92 Å². The van der Waals surface area contributed by atoms with Crippen molar-refractivity contribution in [2.75, 3.05) is 13.1 Å². The van der Waals surface area contributed by atoms with Gasteiger partial charge < -0.3 is 10.0 Å². The van der Waals surface area contributed by atoms with Crippen molar-refractivity contribution in [3.05, 3.63) is 12.7 Å². The normalized spacial score (nSPS) is 22.9. The SMILES string of the molecule is C=CC(C)C1(O)CCN(C(C)=O)CC1. The molecule has 1 atom stereocenters. The lowest BCUT2D eigenvalue weighted by atomic mass is 9.80. The molecule has 80 valence electrons. The summed E-state index contributed by atoms with van der Waals surface area (Å²) in [5, 5.41) is 10.2. The van der Waals surface area contributed by atoms with Crippen LogP contribution in [0.5, 0.6) is 0 Å². The molecule has 1 amide bonds. The van der Waals surface area contributed by atoms with Crippen molar-refractivity contribution in [3.8, 4) is 0 Å². The molecular formula is C11H19NO2. The highest BCUT2D eigenvalue weighted by Gasteiger charge is 2.36. The smallest absolute Gasteiger partial charge is 0.219 e. The molecule has 0 saturated carbocycles. The van der Waals surface area contributed by atoms with E-state index in [9.17, 15) is 9.90 Å². The minimum Gasteiger partial charge on any atom is -0.389 e. The van der Waals surface area contributed by atoms with Gasteiger partial charge in [-0.2, -0.15) is 0 Å². The number of carbonyl (C=O) groups excluding carboxylic acids is 1. The zero-order valence-corrected chi connectivity index (χ0v) is 8.99. The molecule has 1 aliphatic rings. The van der Waals surface area contributed by atoms with Crippen molar-refractivity contribution < 1.29 is 9.90 Å². The van der Waals surface area contributed by atoms with Crippen LogP contribution in [0.3, 0.4) is 0 Å². The molecule has 1 rings (SSSR count). The Hall–Kier alpha value is -0.830. The Balaban J connectivity index is 2.57. The summed E-state index contributed by atoms with van der Waals surface area (Å²) < 4.78 is 0. The maximum Gasteiger partial charge on any atom is 0.219 e. The molecule has 14 heavy (non-hydrogen) atoms. The first-order valence-electron chi connectivity index (χ1n) is 5.10. The molecule has 3 nitrogen and oxygen atoms in total. The van der Waals surface area contributed by atoms with Crippen molar-refractivity contribution >= 4 is 5.91 Å². The Kier molecular flexibility index (Phi) is 3.32. The van der Waals surface area contributed by atoms with Gasteiger partial charge in [0, 0.05) is 25.9 Å². The average molecular weight is 197 g/mol. The van der Waals surface area contributed by atoms with Gasteiger partial charge in [0.1, 0.15) is 0 Å². The fourth-order valence-corrected chi connectivity index (χ4v) is 1.88. The highest BCUT2D eigenvalue weighted by Crippen LogP contribution is 2.30. The van der Waals surface area contributed by atoms with Gasteiger partial charge >= 0.3 is 0 Å². The predicted molar refractivity (Wildman–Crippen MR) is 55.8 cm³/mol. The Morgan fingerprint density at radius 1 is 1.57 bits per heavy atom. The molecular weight excluding hydrogens is 178 g/mol. The highest BCUT2D eigenvalue weighted by molar-refractivity contribution is 5.73. The number of hydrogen-bond donors (Lipinski definition) is 1. The van der Waals surface area contributed by atoms with E-state index in [2.05, 4.69) is 6.58 Å². The quantitative estimate of drug-likeness (QED) is 0.675. The Bertz CT molecular complexity index is 229. The maximum absolute atomic E-state index is 11.1. The van der Waals surface area contributed by atoms with Gasteiger partial charge in [0.05, 0.1) is 5.60 Å². The summed E-state index contributed by atoms with van der Waals surface area (Å²) in [6, 6.07) is 0. The monoisotopic (exact) mass is 197 g/mol. The number of piperidine rings is 1. The van der Waals surface area contributed by atoms with E-state index < -0.39 is 5.60 Å². The summed E-state index contributed by atoms with van der Waals surface area (Å²) >= 11 is 0. The van der Waals surface area contributed by atoms with E-state index in [0.29, 0.717) is 25.9 Å². The summed E-state index contributed by atoms with van der Waals surface area (Å²) in [4.78, 5) is 12.9. The topological polar surface area (TPSA) is 40.5 Å². The molecule has 1 saturated heterocycles. The highest BCUT2D eigenvalue weighted by atomic mass is 16.3. The molecule has 1 aliphatic heterocycles. The summed E-state index contributed by atoms with van der Waals surface area (Å²) in [7, 11) is 0. The van der Waals surface area contributed by atoms with Crippen molar-refractivity contribution in [1.29, 1.82) is 0 Å². The van der Waals surface area contributed by atoms with Crippen molar-refractivity contribution in [2.45, 2.75) is 32.3 Å². The van der Waals surface area contributed by atoms with E-state index in [1.54, 1.807) is 17.9 Å². The number of rotatable bonds is 2. The standard InChI is InChI=1S/C11H19NO2/c1-4-9(2)11(14)5-7-12(8-6-11)10(3)13/h4,9,14H,1,5-8H2,2-3H3. The van der Waals surface area contributed by atoms with Crippen LogP contribution in [-0.4, -0.2) is 34.6 Å². The first-order chi connectivity index (χ1) is 6.49. The molecule has 0 aromatic heterocycles. The largest absolute Gasteiger partial charge is 0.389 e. The van der Waals surface area contributed by atoms with E-state index in [-0.39, 0.29) is 11.8 Å². The van der Waals surface area contributed by atoms with Crippen LogP contribution in [0.25, 0.3) is 0 Å². The molecule has 1 N–H and O–H groups in total. The summed E-state index contributed by atoms with van der Waals surface area (Å²) in [6.07, 6.45) is 3.09. The van der Waals surface area contributed by atoms with Crippen LogP contribution in [0.15, 0.2) is 12.7 Å². The van der Waals surface area contributed by atoms with Gasteiger partial charge in [-0.1, -0.05) is 13.0 Å². The first-order valence-corrected chi connectivity index (χ1v) is 5.10. The van der Waals surface area contributed by atoms with Gasteiger partial charge in [-0.3, -0.25) is 4.79 Å². The van der Waals surface area contributed by atoms with Crippen LogP contribution in [0.4, 0.5) is 0 Å². The second-order valence-corrected chi connectivity index (χ2v) is 4.13. The molecule has 3 heteroatoms. The zero-order valence-electron chi connectivity index (χ0n) is 8.99. The van der Waals surface area contributed by atoms with Crippen molar-refractivity contribution in [1.82, 2.24) is 4.90 Å². The second-order valence-electron chi connectivity index (χ2n) is 4.13. The van der Waals surface area contributed by atoms with Gasteiger partial charge in [-0.05, 0) is 12.8 Å². The Morgan fingerprint density at radius 3 is 2.43 bits per heavy atom. The molecule has 1 unspecified atom stereocenters. The van der Waals surface area contributed by atoms with Crippen molar-refractivity contribution in [3.63, 3.8) is 0 Å². The van der Waals surface area contributed by atoms with E-state index in [1.165, 1.54) is 0 Å². The van der Waals surface area contributed by atoms with E-state index >= 15 is 0 Å². The number of aliphatic hydroxyl groups is 1. The lowest BCUT2D eigenvalue weighted by Crippen LogP contribution is -2.48. The van der Waals surface area contributed by atoms with Gasteiger partial charge in [-0.25, -0.2) is 0 Å². The molecule has 0 aromatic rings. The molecule has 0 radical (unpaired) electrons. The van der Waals surface area contributed by atoms with E-state index in [4.69, 9.17) is 0 Å². The average Bonchev–Trinajstić information content (AvgIpc) is 2.17. The van der Waals surface area contributed by atoms with Gasteiger partial charge in [0.25, 0.3) is 0 Å². The van der Waals surface area contributed by atoms with Gasteiger partial charge in [0.15, 0.2) is 0 Å². The van der Waals surface area contributed by atoms with E-state index in [0.717, 1.165) is 0 Å². The van der Waals surface area contributed by atoms with Crippen LogP contribution >= 0.6 is 0 Å². The lowest BCUT2D eigenvalue weighted by Gasteiger charge is -2.40. The molecule has 0 bridgehead atoms. The minimum atomic E-state index is -0.659. The summed E-state index contributed by atoms with van der Waals surface area (Å²) in [6.45, 7) is 8.55. The fraction of sp³-hybridized carbons (Fsp3) is 0.727. The third-order valence-electron chi connectivity index (χ3n) is 3.28. The number of amides is 1. The lowest BCUT2D eigenvalue weighted by molar-refractivity contribution is -0.134.